The summed E-state index contributed by atoms with van der Waals surface area (Å²) in [5.74, 6) is 2.44. The van der Waals surface area contributed by atoms with Gasteiger partial charge in [0, 0.05) is 31.3 Å². The van der Waals surface area contributed by atoms with Crippen molar-refractivity contribution < 1.29 is 14.3 Å². The van der Waals surface area contributed by atoms with Gasteiger partial charge in [-0.05, 0) is 86.5 Å². The number of likely N-dealkylation sites (tertiary alicyclic amines) is 1. The second kappa shape index (κ2) is 8.50. The molecular formula is C29H45NO3. The molecular weight excluding hydrogens is 410 g/mol. The molecule has 4 fully saturated rings. The van der Waals surface area contributed by atoms with Crippen molar-refractivity contribution in [2.24, 2.45) is 34.0 Å². The van der Waals surface area contributed by atoms with E-state index in [0.29, 0.717) is 35.4 Å². The number of allylic oxidation sites excluding steroid dienone is 1. The normalized spacial score (nSPS) is 42.7. The van der Waals surface area contributed by atoms with E-state index in [9.17, 15) is 9.59 Å². The van der Waals surface area contributed by atoms with E-state index in [1.807, 2.05) is 0 Å². The smallest absolute Gasteiger partial charge is 0.307 e. The molecule has 4 heteroatoms. The monoisotopic (exact) mass is 455 g/mol. The van der Waals surface area contributed by atoms with E-state index >= 15 is 0 Å². The van der Waals surface area contributed by atoms with Crippen LogP contribution in [0.25, 0.3) is 0 Å². The van der Waals surface area contributed by atoms with Gasteiger partial charge in [0.1, 0.15) is 11.9 Å². The number of fused-ring (bicyclic) bond motifs is 5. The number of carbonyl (C=O) groups excluding carboxylic acids is 2. The molecule has 0 bridgehead atoms. The Balaban J connectivity index is 1.18. The Morgan fingerprint density at radius 2 is 1.82 bits per heavy atom. The lowest BCUT2D eigenvalue weighted by Gasteiger charge is -2.56. The lowest BCUT2D eigenvalue weighted by atomic mass is 9.48. The fourth-order valence-electron chi connectivity index (χ4n) is 8.73. The van der Waals surface area contributed by atoms with Gasteiger partial charge < -0.3 is 9.64 Å². The van der Waals surface area contributed by atoms with Gasteiger partial charge in [-0.3, -0.25) is 9.59 Å². The van der Waals surface area contributed by atoms with Crippen LogP contribution in [0.4, 0.5) is 0 Å². The van der Waals surface area contributed by atoms with E-state index in [1.54, 1.807) is 5.57 Å². The zero-order chi connectivity index (χ0) is 23.4. The van der Waals surface area contributed by atoms with E-state index in [0.717, 1.165) is 64.6 Å². The molecule has 4 aliphatic carbocycles. The summed E-state index contributed by atoms with van der Waals surface area (Å²) in [4.78, 5) is 27.7. The third-order valence-electron chi connectivity index (χ3n) is 10.7. The average molecular weight is 456 g/mol. The number of hydrogen-bond acceptors (Lipinski definition) is 4. The Morgan fingerprint density at radius 3 is 2.61 bits per heavy atom. The fourth-order valence-corrected chi connectivity index (χ4v) is 8.73. The first-order valence-corrected chi connectivity index (χ1v) is 13.8. The molecule has 0 spiro atoms. The summed E-state index contributed by atoms with van der Waals surface area (Å²) in [6.07, 6.45) is 13.9. The summed E-state index contributed by atoms with van der Waals surface area (Å²) < 4.78 is 6.01. The number of Topliss-reactive ketones (excluding diaryl/α,β-unsaturated/α-hetero) is 1. The standard InChI is InChI=1S/C29H45NO3/c1-27(2)13-5-16-30(19-27)17-12-26(32)33-21-10-14-28(3)20(18-21)6-7-22-23-8-9-25(31)29(23,4)15-11-24(22)28/h6,21-24H,5,7-19H2,1-4H3/t21-,22+,23+,24+,28+,29+/m1/s1. The minimum Gasteiger partial charge on any atom is -0.462 e. The van der Waals surface area contributed by atoms with Crippen LogP contribution < -0.4 is 0 Å². The van der Waals surface area contributed by atoms with Crippen LogP contribution in [0.3, 0.4) is 0 Å². The van der Waals surface area contributed by atoms with Gasteiger partial charge in [-0.15, -0.1) is 0 Å². The van der Waals surface area contributed by atoms with E-state index < -0.39 is 0 Å². The molecule has 184 valence electrons. The Labute approximate surface area is 200 Å². The highest BCUT2D eigenvalue weighted by atomic mass is 16.5. The van der Waals surface area contributed by atoms with Gasteiger partial charge in [-0.2, -0.15) is 0 Å². The number of esters is 1. The van der Waals surface area contributed by atoms with Gasteiger partial charge >= 0.3 is 5.97 Å². The molecule has 0 amide bonds. The van der Waals surface area contributed by atoms with Crippen LogP contribution in [-0.2, 0) is 14.3 Å². The van der Waals surface area contributed by atoms with E-state index in [2.05, 4.69) is 38.7 Å². The molecule has 1 saturated heterocycles. The summed E-state index contributed by atoms with van der Waals surface area (Å²) in [6.45, 7) is 12.4. The number of ether oxygens (including phenoxy) is 1. The Kier molecular flexibility index (Phi) is 6.07. The maximum Gasteiger partial charge on any atom is 0.307 e. The van der Waals surface area contributed by atoms with Gasteiger partial charge in [0.25, 0.3) is 0 Å². The topological polar surface area (TPSA) is 46.6 Å². The van der Waals surface area contributed by atoms with Crippen LogP contribution in [0.2, 0.25) is 0 Å². The highest BCUT2D eigenvalue weighted by molar-refractivity contribution is 5.87. The predicted octanol–water partition coefficient (Wildman–Crippen LogP) is 5.94. The Hall–Kier alpha value is -1.16. The van der Waals surface area contributed by atoms with Gasteiger partial charge in [0.05, 0.1) is 6.42 Å². The van der Waals surface area contributed by atoms with Crippen molar-refractivity contribution in [3.63, 3.8) is 0 Å². The third kappa shape index (κ3) is 4.23. The van der Waals surface area contributed by atoms with Crippen LogP contribution in [0.15, 0.2) is 11.6 Å². The first kappa shape index (κ1) is 23.6. The number of ketones is 1. The average Bonchev–Trinajstić information content (AvgIpc) is 3.06. The lowest BCUT2D eigenvalue weighted by molar-refractivity contribution is -0.152. The molecule has 4 nitrogen and oxygen atoms in total. The Morgan fingerprint density at radius 1 is 1.06 bits per heavy atom. The maximum atomic E-state index is 12.7. The second-order valence-electron chi connectivity index (χ2n) is 13.3. The molecule has 0 aromatic heterocycles. The molecule has 0 radical (unpaired) electrons. The van der Waals surface area contributed by atoms with Gasteiger partial charge in [-0.25, -0.2) is 0 Å². The van der Waals surface area contributed by atoms with E-state index in [1.165, 1.54) is 19.3 Å². The number of rotatable bonds is 4. The summed E-state index contributed by atoms with van der Waals surface area (Å²) in [5.41, 5.74) is 2.08. The van der Waals surface area contributed by atoms with Crippen molar-refractivity contribution in [1.29, 1.82) is 0 Å². The second-order valence-corrected chi connectivity index (χ2v) is 13.3. The zero-order valence-electron chi connectivity index (χ0n) is 21.5. The maximum absolute atomic E-state index is 12.7. The molecule has 0 N–H and O–H groups in total. The van der Waals surface area contributed by atoms with E-state index in [-0.39, 0.29) is 22.9 Å². The molecule has 1 heterocycles. The fraction of sp³-hybridized carbons (Fsp3) is 0.862. The summed E-state index contributed by atoms with van der Waals surface area (Å²) >= 11 is 0. The van der Waals surface area contributed by atoms with Gasteiger partial charge in [0.15, 0.2) is 0 Å². The van der Waals surface area contributed by atoms with Crippen LogP contribution in [0, 0.1) is 34.0 Å². The molecule has 0 unspecified atom stereocenters. The zero-order valence-corrected chi connectivity index (χ0v) is 21.5. The summed E-state index contributed by atoms with van der Waals surface area (Å²) in [6, 6.07) is 0. The SMILES string of the molecule is CC1(C)CCCN(CCC(=O)O[C@@H]2CC[C@@]3(C)C(=CC[C@@H]4[C@@H]3CC[C@]3(C)C(=O)CC[C@@H]43)C2)C1. The first-order valence-electron chi connectivity index (χ1n) is 13.8. The minimum atomic E-state index is -0.0564. The van der Waals surface area contributed by atoms with Gasteiger partial charge in [-0.1, -0.05) is 39.3 Å². The summed E-state index contributed by atoms with van der Waals surface area (Å²) in [5, 5.41) is 0. The minimum absolute atomic E-state index is 0.0147. The summed E-state index contributed by atoms with van der Waals surface area (Å²) in [7, 11) is 0. The van der Waals surface area contributed by atoms with Crippen molar-refractivity contribution in [1.82, 2.24) is 4.90 Å². The van der Waals surface area contributed by atoms with Crippen molar-refractivity contribution in [2.45, 2.75) is 104 Å². The third-order valence-corrected chi connectivity index (χ3v) is 10.7. The van der Waals surface area contributed by atoms with Crippen LogP contribution in [0.1, 0.15) is 98.3 Å². The highest BCUT2D eigenvalue weighted by Gasteiger charge is 2.58. The van der Waals surface area contributed by atoms with Crippen molar-refractivity contribution in [3.8, 4) is 0 Å². The first-order chi connectivity index (χ1) is 15.6. The molecule has 33 heavy (non-hydrogen) atoms. The molecule has 5 aliphatic rings. The molecule has 5 rings (SSSR count). The number of carbonyl (C=O) groups is 2. The van der Waals surface area contributed by atoms with Crippen molar-refractivity contribution in [2.75, 3.05) is 19.6 Å². The van der Waals surface area contributed by atoms with Crippen LogP contribution in [0.5, 0.6) is 0 Å². The highest BCUT2D eigenvalue weighted by Crippen LogP contribution is 2.64. The van der Waals surface area contributed by atoms with Crippen molar-refractivity contribution in [3.05, 3.63) is 11.6 Å². The molecule has 0 aromatic rings. The quantitative estimate of drug-likeness (QED) is 0.389. The largest absolute Gasteiger partial charge is 0.462 e. The number of piperidine rings is 1. The molecule has 1 aliphatic heterocycles. The molecule has 0 aromatic carbocycles. The lowest BCUT2D eigenvalue weighted by Crippen LogP contribution is -2.50. The molecule has 3 saturated carbocycles. The number of nitrogens with zero attached hydrogens (tertiary/aromatic N) is 1. The predicted molar refractivity (Wildman–Crippen MR) is 131 cm³/mol. The van der Waals surface area contributed by atoms with Crippen LogP contribution in [-0.4, -0.2) is 42.4 Å². The number of hydrogen-bond donors (Lipinski definition) is 0. The van der Waals surface area contributed by atoms with Crippen LogP contribution >= 0.6 is 0 Å². The van der Waals surface area contributed by atoms with E-state index in [4.69, 9.17) is 4.74 Å². The van der Waals surface area contributed by atoms with Crippen molar-refractivity contribution >= 4 is 11.8 Å². The Bertz CT molecular complexity index is 831. The van der Waals surface area contributed by atoms with Gasteiger partial charge in [0.2, 0.25) is 0 Å². The molecule has 6 atom stereocenters.